The minimum absolute atomic E-state index is 0.0258. The van der Waals surface area contributed by atoms with E-state index in [4.69, 9.17) is 28.1 Å². The number of pyridine rings is 1. The summed E-state index contributed by atoms with van der Waals surface area (Å²) in [5, 5.41) is 10.8. The van der Waals surface area contributed by atoms with Crippen molar-refractivity contribution in [3.8, 4) is 0 Å². The molecule has 1 aromatic heterocycles. The molecule has 146 valence electrons. The Kier molecular flexibility index (Phi) is 5.91. The molecule has 0 bridgehead atoms. The first-order valence-electron chi connectivity index (χ1n) is 8.80. The van der Waals surface area contributed by atoms with Crippen molar-refractivity contribution in [3.05, 3.63) is 53.4 Å². The Balaban J connectivity index is 2.19. The Bertz CT molecular complexity index is 767. The summed E-state index contributed by atoms with van der Waals surface area (Å²) in [6.07, 6.45) is 7.56. The first-order chi connectivity index (χ1) is 12.9. The molecule has 0 radical (unpaired) electrons. The summed E-state index contributed by atoms with van der Waals surface area (Å²) in [6.45, 7) is 0. The van der Waals surface area contributed by atoms with Crippen molar-refractivity contribution in [1.29, 1.82) is 0 Å². The minimum Gasteiger partial charge on any atom is -0.373 e. The summed E-state index contributed by atoms with van der Waals surface area (Å²) in [5.74, 6) is -1.15. The lowest BCUT2D eigenvalue weighted by molar-refractivity contribution is -0.786. The lowest BCUT2D eigenvalue weighted by Crippen LogP contribution is -2.63. The molecule has 5 nitrogen and oxygen atoms in total. The highest BCUT2D eigenvalue weighted by atomic mass is 35.5. The molecule has 1 aromatic rings. The number of rotatable bonds is 5. The number of alkyl halides is 1. The molecule has 2 N–H and O–H groups in total. The van der Waals surface area contributed by atoms with Crippen LogP contribution in [-0.2, 0) is 15.3 Å². The van der Waals surface area contributed by atoms with E-state index >= 15 is 4.39 Å². The van der Waals surface area contributed by atoms with E-state index in [1.807, 2.05) is 10.9 Å². The Morgan fingerprint density at radius 3 is 2.52 bits per heavy atom. The fourth-order valence-electron chi connectivity index (χ4n) is 3.98. The Hall–Kier alpha value is -1.47. The number of carbonyl (C=O) groups is 1. The van der Waals surface area contributed by atoms with Crippen molar-refractivity contribution in [2.24, 2.45) is 5.92 Å². The molecule has 8 heteroatoms. The molecule has 0 saturated heterocycles. The molecule has 3 atom stereocenters. The van der Waals surface area contributed by atoms with Gasteiger partial charge in [-0.2, -0.15) is 4.57 Å². The Morgan fingerprint density at radius 2 is 1.96 bits per heavy atom. The molecule has 2 aliphatic carbocycles. The smallest absolute Gasteiger partial charge is 0.335 e. The average Bonchev–Trinajstić information content (AvgIpc) is 3.22. The number of methoxy groups -OCH3 is 1. The quantitative estimate of drug-likeness (QED) is 0.441. The van der Waals surface area contributed by atoms with Gasteiger partial charge in [-0.25, -0.2) is 4.39 Å². The topological polar surface area (TPSA) is 62.4 Å². The van der Waals surface area contributed by atoms with Crippen LogP contribution in [0.5, 0.6) is 0 Å². The number of nitrogens with zero attached hydrogens (tertiary/aromatic N) is 1. The summed E-state index contributed by atoms with van der Waals surface area (Å²) in [5.41, 5.74) is -3.58. The van der Waals surface area contributed by atoms with Gasteiger partial charge in [-0.1, -0.05) is 30.5 Å². The number of hydrogen-bond acceptors (Lipinski definition) is 3. The number of ether oxygens (including phenoxy) is 1. The first kappa shape index (κ1) is 20.3. The van der Waals surface area contributed by atoms with E-state index in [0.717, 1.165) is 31.8 Å². The molecule has 0 spiro atoms. The zero-order valence-electron chi connectivity index (χ0n) is 14.9. The van der Waals surface area contributed by atoms with Crippen molar-refractivity contribution < 1.29 is 23.6 Å². The molecule has 3 rings (SSSR count). The molecular weight excluding hydrogens is 394 g/mol. The third-order valence-electron chi connectivity index (χ3n) is 5.37. The van der Waals surface area contributed by atoms with Crippen molar-refractivity contribution in [1.82, 2.24) is 4.84 Å². The Labute approximate surface area is 167 Å². The van der Waals surface area contributed by atoms with Crippen molar-refractivity contribution in [3.63, 3.8) is 0 Å². The van der Waals surface area contributed by atoms with E-state index in [-0.39, 0.29) is 16.5 Å². The molecule has 3 unspecified atom stereocenters. The van der Waals surface area contributed by atoms with E-state index in [1.54, 1.807) is 29.1 Å². The summed E-state index contributed by atoms with van der Waals surface area (Å²) >= 11 is 11.9. The normalized spacial score (nSPS) is 29.8. The lowest BCUT2D eigenvalue weighted by atomic mass is 9.80. The highest BCUT2D eigenvalue weighted by molar-refractivity contribution is 6.31. The SMILES string of the molecule is COC1([n+]2ccccc2)C(Cl)=CC(O)(C(=O)NCl)C=C1C(F)C1CCCC1. The standard InChI is InChI=1S/C19H21Cl2FN2O3/c1-27-19(24-9-5-2-6-10-24)14(16(22)13-7-3-4-8-13)11-18(26,12-15(19)20)17(25)23-21/h2,5-6,9-13,16,26H,3-4,7-8H2,1H3/p+1. The van der Waals surface area contributed by atoms with Gasteiger partial charge in [-0.15, -0.1) is 0 Å². The van der Waals surface area contributed by atoms with Gasteiger partial charge in [0.25, 0.3) is 5.91 Å². The summed E-state index contributed by atoms with van der Waals surface area (Å²) in [4.78, 5) is 14.0. The van der Waals surface area contributed by atoms with Crippen molar-refractivity contribution in [2.45, 2.75) is 43.2 Å². The first-order valence-corrected chi connectivity index (χ1v) is 9.56. The third-order valence-corrected chi connectivity index (χ3v) is 5.91. The van der Waals surface area contributed by atoms with E-state index < -0.39 is 23.4 Å². The second kappa shape index (κ2) is 7.87. The van der Waals surface area contributed by atoms with Gasteiger partial charge < -0.3 is 9.84 Å². The Morgan fingerprint density at radius 1 is 1.33 bits per heavy atom. The molecule has 2 aliphatic rings. The maximum Gasteiger partial charge on any atom is 0.335 e. The molecular formula is C19H22Cl2FN2O3+. The second-order valence-corrected chi connectivity index (χ2v) is 7.51. The van der Waals surface area contributed by atoms with Crippen LogP contribution in [0.4, 0.5) is 4.39 Å². The monoisotopic (exact) mass is 415 g/mol. The van der Waals surface area contributed by atoms with Crippen LogP contribution in [0.25, 0.3) is 0 Å². The molecule has 1 saturated carbocycles. The van der Waals surface area contributed by atoms with Gasteiger partial charge in [0.15, 0.2) is 18.0 Å². The summed E-state index contributed by atoms with van der Waals surface area (Å²) in [7, 11) is 1.41. The number of aromatic nitrogens is 1. The number of nitrogens with one attached hydrogen (secondary N) is 1. The van der Waals surface area contributed by atoms with E-state index in [2.05, 4.69) is 0 Å². The van der Waals surface area contributed by atoms with E-state index in [0.29, 0.717) is 0 Å². The van der Waals surface area contributed by atoms with Crippen LogP contribution in [0.1, 0.15) is 25.7 Å². The van der Waals surface area contributed by atoms with Crippen LogP contribution in [0.15, 0.2) is 53.4 Å². The van der Waals surface area contributed by atoms with Gasteiger partial charge >= 0.3 is 5.72 Å². The fourth-order valence-corrected chi connectivity index (χ4v) is 4.59. The zero-order valence-corrected chi connectivity index (χ0v) is 16.4. The average molecular weight is 416 g/mol. The molecule has 27 heavy (non-hydrogen) atoms. The zero-order chi connectivity index (χ0) is 19.7. The molecule has 1 amide bonds. The number of amides is 1. The minimum atomic E-state index is -2.17. The predicted octanol–water partition coefficient (Wildman–Crippen LogP) is 2.87. The van der Waals surface area contributed by atoms with Gasteiger partial charge in [0, 0.05) is 31.0 Å². The number of halogens is 3. The number of hydrogen-bond donors (Lipinski definition) is 2. The van der Waals surface area contributed by atoms with Crippen LogP contribution < -0.4 is 9.40 Å². The van der Waals surface area contributed by atoms with Crippen molar-refractivity contribution in [2.75, 3.05) is 7.11 Å². The number of carbonyl (C=O) groups excluding carboxylic acids is 1. The molecule has 0 aromatic carbocycles. The lowest BCUT2D eigenvalue weighted by Gasteiger charge is -2.37. The van der Waals surface area contributed by atoms with Crippen LogP contribution in [0, 0.1) is 5.92 Å². The van der Waals surface area contributed by atoms with Gasteiger partial charge in [0.2, 0.25) is 0 Å². The molecule has 1 heterocycles. The maximum atomic E-state index is 15.7. The summed E-state index contributed by atoms with van der Waals surface area (Å²) in [6, 6.07) is 5.33. The third kappa shape index (κ3) is 3.40. The molecule has 0 aliphatic heterocycles. The second-order valence-electron chi connectivity index (χ2n) is 6.92. The van der Waals surface area contributed by atoms with Crippen LogP contribution >= 0.6 is 23.4 Å². The van der Waals surface area contributed by atoms with Gasteiger partial charge in [-0.05, 0) is 30.9 Å². The van der Waals surface area contributed by atoms with Crippen LogP contribution in [0.2, 0.25) is 0 Å². The van der Waals surface area contributed by atoms with Crippen LogP contribution in [0.3, 0.4) is 0 Å². The van der Waals surface area contributed by atoms with Gasteiger partial charge in [0.05, 0.1) is 5.57 Å². The summed E-state index contributed by atoms with van der Waals surface area (Å²) < 4.78 is 23.1. The highest BCUT2D eigenvalue weighted by Crippen LogP contribution is 2.45. The number of aliphatic hydroxyl groups is 1. The van der Waals surface area contributed by atoms with Gasteiger partial charge in [-0.3, -0.25) is 9.63 Å². The predicted molar refractivity (Wildman–Crippen MR) is 99.4 cm³/mol. The van der Waals surface area contributed by atoms with Gasteiger partial charge in [0.1, 0.15) is 11.2 Å². The fraction of sp³-hybridized carbons (Fsp3) is 0.474. The molecule has 1 fully saturated rings. The van der Waals surface area contributed by atoms with E-state index in [9.17, 15) is 9.90 Å². The largest absolute Gasteiger partial charge is 0.373 e. The van der Waals surface area contributed by atoms with Crippen molar-refractivity contribution >= 4 is 29.3 Å². The van der Waals surface area contributed by atoms with Crippen LogP contribution in [-0.4, -0.2) is 29.9 Å². The van der Waals surface area contributed by atoms with E-state index in [1.165, 1.54) is 13.2 Å². The highest BCUT2D eigenvalue weighted by Gasteiger charge is 2.57. The maximum absolute atomic E-state index is 15.7.